The van der Waals surface area contributed by atoms with Crippen LogP contribution < -0.4 is 11.3 Å². The second-order valence-corrected chi connectivity index (χ2v) is 8.98. The zero-order valence-electron chi connectivity index (χ0n) is 12.8. The van der Waals surface area contributed by atoms with Crippen molar-refractivity contribution in [2.75, 3.05) is 11.5 Å². The minimum Gasteiger partial charge on any atom is -0.271 e. The average Bonchev–Trinajstić information content (AvgIpc) is 2.53. The van der Waals surface area contributed by atoms with Gasteiger partial charge in [-0.15, -0.1) is 0 Å². The first-order valence-corrected chi connectivity index (χ1v) is 10.2. The van der Waals surface area contributed by atoms with Crippen molar-refractivity contribution in [2.45, 2.75) is 55.1 Å². The standard InChI is InChI=1S/C17H26N2S2/c1-12-17(21-10-9-20-12)16(19-18)11-14-7-4-6-13-5-2-3-8-15(13)14/h2-3,5,8,12,14,16-17,19H,4,6-7,9-11,18H2,1H3. The summed E-state index contributed by atoms with van der Waals surface area (Å²) in [6, 6.07) is 9.43. The van der Waals surface area contributed by atoms with Gasteiger partial charge in [-0.2, -0.15) is 23.5 Å². The van der Waals surface area contributed by atoms with Crippen molar-refractivity contribution in [2.24, 2.45) is 5.84 Å². The summed E-state index contributed by atoms with van der Waals surface area (Å²) in [7, 11) is 0. The Kier molecular flexibility index (Phi) is 5.54. The normalized spacial score (nSPS) is 30.7. The highest BCUT2D eigenvalue weighted by molar-refractivity contribution is 8.07. The number of hydrazine groups is 1. The van der Waals surface area contributed by atoms with E-state index in [9.17, 15) is 0 Å². The molecule has 3 rings (SSSR count). The molecule has 21 heavy (non-hydrogen) atoms. The molecule has 1 saturated heterocycles. The molecule has 4 heteroatoms. The summed E-state index contributed by atoms with van der Waals surface area (Å²) in [5.74, 6) is 9.15. The molecule has 0 radical (unpaired) electrons. The predicted octanol–water partition coefficient (Wildman–Crippen LogP) is 3.57. The van der Waals surface area contributed by atoms with Crippen LogP contribution in [0.15, 0.2) is 24.3 Å². The number of rotatable bonds is 4. The molecule has 0 bridgehead atoms. The van der Waals surface area contributed by atoms with Gasteiger partial charge in [0.05, 0.1) is 0 Å². The van der Waals surface area contributed by atoms with E-state index < -0.39 is 0 Å². The lowest BCUT2D eigenvalue weighted by molar-refractivity contribution is 0.405. The van der Waals surface area contributed by atoms with Gasteiger partial charge < -0.3 is 0 Å². The third-order valence-corrected chi connectivity index (χ3v) is 8.13. The Hall–Kier alpha value is -0.160. The number of aryl methyl sites for hydroxylation is 1. The van der Waals surface area contributed by atoms with Gasteiger partial charge in [-0.1, -0.05) is 31.2 Å². The topological polar surface area (TPSA) is 38.0 Å². The lowest BCUT2D eigenvalue weighted by Crippen LogP contribution is -2.48. The zero-order chi connectivity index (χ0) is 14.7. The molecule has 1 aliphatic heterocycles. The Balaban J connectivity index is 1.72. The van der Waals surface area contributed by atoms with Crippen LogP contribution in [0, 0.1) is 0 Å². The summed E-state index contributed by atoms with van der Waals surface area (Å²) >= 11 is 4.21. The van der Waals surface area contributed by atoms with E-state index >= 15 is 0 Å². The summed E-state index contributed by atoms with van der Waals surface area (Å²) in [5.41, 5.74) is 6.28. The SMILES string of the molecule is CC1SCCSC1C(CC1CCCc2ccccc21)NN. The highest BCUT2D eigenvalue weighted by Gasteiger charge is 2.32. The first-order valence-electron chi connectivity index (χ1n) is 8.06. The Bertz CT molecular complexity index is 466. The fourth-order valence-electron chi connectivity index (χ4n) is 3.79. The van der Waals surface area contributed by atoms with Crippen LogP contribution in [0.1, 0.15) is 43.2 Å². The van der Waals surface area contributed by atoms with Crippen LogP contribution in [0.5, 0.6) is 0 Å². The van der Waals surface area contributed by atoms with Crippen LogP contribution in [0.4, 0.5) is 0 Å². The van der Waals surface area contributed by atoms with E-state index in [1.165, 1.54) is 37.2 Å². The van der Waals surface area contributed by atoms with Crippen LogP contribution >= 0.6 is 23.5 Å². The number of hydrogen-bond donors (Lipinski definition) is 2. The minimum absolute atomic E-state index is 0.425. The molecule has 1 fully saturated rings. The zero-order valence-corrected chi connectivity index (χ0v) is 14.4. The minimum atomic E-state index is 0.425. The van der Waals surface area contributed by atoms with Crippen molar-refractivity contribution in [3.8, 4) is 0 Å². The maximum absolute atomic E-state index is 5.93. The number of thioether (sulfide) groups is 2. The van der Waals surface area contributed by atoms with E-state index in [1.807, 2.05) is 0 Å². The van der Waals surface area contributed by atoms with Crippen LogP contribution in [-0.4, -0.2) is 28.0 Å². The van der Waals surface area contributed by atoms with E-state index in [1.54, 1.807) is 11.1 Å². The van der Waals surface area contributed by atoms with Gasteiger partial charge in [-0.3, -0.25) is 11.3 Å². The van der Waals surface area contributed by atoms with Crippen molar-refractivity contribution in [1.82, 2.24) is 5.43 Å². The van der Waals surface area contributed by atoms with Gasteiger partial charge >= 0.3 is 0 Å². The second kappa shape index (κ2) is 7.40. The van der Waals surface area contributed by atoms with Gasteiger partial charge in [0.25, 0.3) is 0 Å². The fraction of sp³-hybridized carbons (Fsp3) is 0.647. The molecular weight excluding hydrogens is 296 g/mol. The molecular formula is C17H26N2S2. The van der Waals surface area contributed by atoms with E-state index in [-0.39, 0.29) is 0 Å². The molecule has 1 heterocycles. The monoisotopic (exact) mass is 322 g/mol. The highest BCUT2D eigenvalue weighted by atomic mass is 32.2. The number of nitrogens with one attached hydrogen (secondary N) is 1. The summed E-state index contributed by atoms with van der Waals surface area (Å²) < 4.78 is 0. The molecule has 0 aromatic heterocycles. The summed E-state index contributed by atoms with van der Waals surface area (Å²) in [6.07, 6.45) is 5.06. The molecule has 4 unspecified atom stereocenters. The first kappa shape index (κ1) is 15.7. The largest absolute Gasteiger partial charge is 0.271 e. The number of fused-ring (bicyclic) bond motifs is 1. The molecule has 116 valence electrons. The summed E-state index contributed by atoms with van der Waals surface area (Å²) in [6.45, 7) is 2.36. The summed E-state index contributed by atoms with van der Waals surface area (Å²) in [5, 5.41) is 1.34. The van der Waals surface area contributed by atoms with Gasteiger partial charge in [-0.05, 0) is 42.7 Å². The average molecular weight is 323 g/mol. The molecule has 2 nitrogen and oxygen atoms in total. The lowest BCUT2D eigenvalue weighted by atomic mass is 9.79. The Labute approximate surface area is 137 Å². The van der Waals surface area contributed by atoms with Gasteiger partial charge in [0.2, 0.25) is 0 Å². The van der Waals surface area contributed by atoms with Gasteiger partial charge in [0.15, 0.2) is 0 Å². The van der Waals surface area contributed by atoms with Gasteiger partial charge in [-0.25, -0.2) is 0 Å². The van der Waals surface area contributed by atoms with E-state index in [4.69, 9.17) is 5.84 Å². The third kappa shape index (κ3) is 3.61. The molecule has 0 spiro atoms. The van der Waals surface area contributed by atoms with Crippen molar-refractivity contribution in [3.63, 3.8) is 0 Å². The molecule has 2 aliphatic rings. The maximum atomic E-state index is 5.93. The smallest absolute Gasteiger partial charge is 0.0345 e. The number of nitrogens with two attached hydrogens (primary N) is 1. The number of benzene rings is 1. The van der Waals surface area contributed by atoms with Crippen molar-refractivity contribution in [1.29, 1.82) is 0 Å². The quantitative estimate of drug-likeness (QED) is 0.656. The van der Waals surface area contributed by atoms with E-state index in [2.05, 4.69) is 60.1 Å². The fourth-order valence-corrected chi connectivity index (χ4v) is 6.75. The van der Waals surface area contributed by atoms with Crippen LogP contribution in [0.25, 0.3) is 0 Å². The Morgan fingerprint density at radius 2 is 2.10 bits per heavy atom. The maximum Gasteiger partial charge on any atom is 0.0345 e. The van der Waals surface area contributed by atoms with E-state index in [0.717, 1.165) is 0 Å². The molecule has 3 N–H and O–H groups in total. The van der Waals surface area contributed by atoms with Gasteiger partial charge in [0.1, 0.15) is 0 Å². The molecule has 1 aromatic carbocycles. The Morgan fingerprint density at radius 1 is 1.29 bits per heavy atom. The van der Waals surface area contributed by atoms with Crippen LogP contribution in [0.2, 0.25) is 0 Å². The third-order valence-electron chi connectivity index (χ3n) is 4.88. The molecule has 0 saturated carbocycles. The lowest BCUT2D eigenvalue weighted by Gasteiger charge is -2.37. The molecule has 1 aromatic rings. The molecule has 1 aliphatic carbocycles. The van der Waals surface area contributed by atoms with Crippen LogP contribution in [0.3, 0.4) is 0 Å². The second-order valence-electron chi connectivity index (χ2n) is 6.21. The predicted molar refractivity (Wildman–Crippen MR) is 96.0 cm³/mol. The number of hydrogen-bond acceptors (Lipinski definition) is 4. The van der Waals surface area contributed by atoms with Crippen molar-refractivity contribution in [3.05, 3.63) is 35.4 Å². The first-order chi connectivity index (χ1) is 10.3. The van der Waals surface area contributed by atoms with Crippen LogP contribution in [-0.2, 0) is 6.42 Å². The highest BCUT2D eigenvalue weighted by Crippen LogP contribution is 2.39. The summed E-state index contributed by atoms with van der Waals surface area (Å²) in [4.78, 5) is 0. The Morgan fingerprint density at radius 3 is 2.90 bits per heavy atom. The van der Waals surface area contributed by atoms with Crippen molar-refractivity contribution >= 4 is 23.5 Å². The molecule has 4 atom stereocenters. The molecule has 0 amide bonds. The van der Waals surface area contributed by atoms with Crippen molar-refractivity contribution < 1.29 is 0 Å². The van der Waals surface area contributed by atoms with Gasteiger partial charge in [0, 0.05) is 28.0 Å². The van der Waals surface area contributed by atoms with E-state index in [0.29, 0.717) is 22.5 Å².